The van der Waals surface area contributed by atoms with Crippen LogP contribution in [0.4, 0.5) is 0 Å². The minimum absolute atomic E-state index is 0.856. The Morgan fingerprint density at radius 1 is 1.06 bits per heavy atom. The van der Waals surface area contributed by atoms with Gasteiger partial charge < -0.3 is 9.47 Å². The number of hydrogen-bond donors (Lipinski definition) is 0. The molecule has 3 heteroatoms. The van der Waals surface area contributed by atoms with Gasteiger partial charge in [0.25, 0.3) is 0 Å². The molecule has 0 heterocycles. The van der Waals surface area contributed by atoms with E-state index in [1.807, 2.05) is 26.0 Å². The van der Waals surface area contributed by atoms with Gasteiger partial charge in [0.2, 0.25) is 0 Å². The highest BCUT2D eigenvalue weighted by molar-refractivity contribution is 9.10. The highest BCUT2D eigenvalue weighted by atomic mass is 79.9. The molecule has 0 aliphatic rings. The van der Waals surface area contributed by atoms with E-state index >= 15 is 0 Å². The van der Waals surface area contributed by atoms with Gasteiger partial charge >= 0.3 is 0 Å². The maximum Gasteiger partial charge on any atom is 0.133 e. The van der Waals surface area contributed by atoms with Gasteiger partial charge in [0.05, 0.1) is 18.7 Å². The monoisotopic (exact) mass is 288 g/mol. The molecular formula is C13H21BrO2. The van der Waals surface area contributed by atoms with Crippen molar-refractivity contribution in [3.05, 3.63) is 22.2 Å². The lowest BCUT2D eigenvalue weighted by atomic mass is 10.1. The van der Waals surface area contributed by atoms with Crippen LogP contribution in [-0.4, -0.2) is 14.2 Å². The first kappa shape index (κ1) is 15.3. The van der Waals surface area contributed by atoms with Crippen molar-refractivity contribution >= 4 is 15.9 Å². The second kappa shape index (κ2) is 8.45. The molecule has 0 aromatic heterocycles. The summed E-state index contributed by atoms with van der Waals surface area (Å²) in [6.45, 7) is 6.15. The second-order valence-electron chi connectivity index (χ2n) is 3.05. The molecule has 1 aromatic carbocycles. The van der Waals surface area contributed by atoms with Gasteiger partial charge in [0.15, 0.2) is 0 Å². The van der Waals surface area contributed by atoms with Crippen molar-refractivity contribution in [1.82, 2.24) is 0 Å². The van der Waals surface area contributed by atoms with Gasteiger partial charge in [-0.3, -0.25) is 0 Å². The summed E-state index contributed by atoms with van der Waals surface area (Å²) in [6.07, 6.45) is 2.11. The van der Waals surface area contributed by atoms with Crippen LogP contribution in [0, 0.1) is 0 Å². The number of aryl methyl sites for hydroxylation is 1. The largest absolute Gasteiger partial charge is 0.496 e. The van der Waals surface area contributed by atoms with Crippen LogP contribution < -0.4 is 9.47 Å². The topological polar surface area (TPSA) is 18.5 Å². The number of rotatable bonds is 4. The van der Waals surface area contributed by atoms with Crippen LogP contribution in [0.1, 0.15) is 32.8 Å². The van der Waals surface area contributed by atoms with E-state index in [1.165, 1.54) is 5.56 Å². The first-order chi connectivity index (χ1) is 7.72. The molecule has 92 valence electrons. The Morgan fingerprint density at radius 2 is 1.62 bits per heavy atom. The number of hydrogen-bond acceptors (Lipinski definition) is 2. The fraction of sp³-hybridized carbons (Fsp3) is 0.538. The molecule has 1 aromatic rings. The fourth-order valence-electron chi connectivity index (χ4n) is 1.39. The van der Waals surface area contributed by atoms with Gasteiger partial charge in [-0.25, -0.2) is 0 Å². The molecule has 0 amide bonds. The van der Waals surface area contributed by atoms with Crippen LogP contribution in [0.15, 0.2) is 16.6 Å². The molecule has 0 aliphatic carbocycles. The van der Waals surface area contributed by atoms with E-state index in [-0.39, 0.29) is 0 Å². The smallest absolute Gasteiger partial charge is 0.133 e. The maximum absolute atomic E-state index is 5.29. The highest BCUT2D eigenvalue weighted by Gasteiger charge is 2.08. The summed E-state index contributed by atoms with van der Waals surface area (Å²) < 4.78 is 11.4. The molecule has 0 N–H and O–H groups in total. The van der Waals surface area contributed by atoms with Crippen molar-refractivity contribution in [2.24, 2.45) is 0 Å². The van der Waals surface area contributed by atoms with Crippen molar-refractivity contribution in [2.75, 3.05) is 14.2 Å². The van der Waals surface area contributed by atoms with Gasteiger partial charge in [0, 0.05) is 0 Å². The maximum atomic E-state index is 5.29. The molecule has 2 nitrogen and oxygen atoms in total. The summed E-state index contributed by atoms with van der Waals surface area (Å²) in [6, 6.07) is 3.97. The molecule has 0 atom stereocenters. The van der Waals surface area contributed by atoms with Crippen LogP contribution in [-0.2, 0) is 6.42 Å². The zero-order valence-corrected chi connectivity index (χ0v) is 12.3. The molecular weight excluding hydrogens is 268 g/mol. The Hall–Kier alpha value is -0.700. The van der Waals surface area contributed by atoms with Gasteiger partial charge in [0.1, 0.15) is 11.5 Å². The minimum Gasteiger partial charge on any atom is -0.496 e. The first-order valence-corrected chi connectivity index (χ1v) is 6.42. The van der Waals surface area contributed by atoms with E-state index in [0.717, 1.165) is 28.8 Å². The lowest BCUT2D eigenvalue weighted by molar-refractivity contribution is 0.396. The third-order valence-corrected chi connectivity index (χ3v) is 2.69. The van der Waals surface area contributed by atoms with E-state index in [1.54, 1.807) is 14.2 Å². The van der Waals surface area contributed by atoms with E-state index in [9.17, 15) is 0 Å². The number of ether oxygens (including phenoxy) is 2. The Morgan fingerprint density at radius 3 is 2.06 bits per heavy atom. The molecule has 0 unspecified atom stereocenters. The van der Waals surface area contributed by atoms with Crippen LogP contribution in [0.25, 0.3) is 0 Å². The fourth-order valence-corrected chi connectivity index (χ4v) is 1.87. The lowest BCUT2D eigenvalue weighted by Gasteiger charge is -2.11. The van der Waals surface area contributed by atoms with Gasteiger partial charge in [-0.15, -0.1) is 0 Å². The molecule has 0 aliphatic heterocycles. The third-order valence-electron chi connectivity index (χ3n) is 2.07. The Bertz CT molecular complexity index is 311. The molecule has 1 rings (SSSR count). The Kier molecular flexibility index (Phi) is 8.08. The molecule has 0 saturated heterocycles. The van der Waals surface area contributed by atoms with Crippen LogP contribution in [0.2, 0.25) is 0 Å². The van der Waals surface area contributed by atoms with Crippen molar-refractivity contribution in [1.29, 1.82) is 0 Å². The summed E-state index contributed by atoms with van der Waals surface area (Å²) in [5.74, 6) is 1.77. The van der Waals surface area contributed by atoms with Crippen LogP contribution >= 0.6 is 15.9 Å². The van der Waals surface area contributed by atoms with Crippen LogP contribution in [0.3, 0.4) is 0 Å². The Labute approximate surface area is 107 Å². The van der Waals surface area contributed by atoms with Crippen molar-refractivity contribution in [3.63, 3.8) is 0 Å². The zero-order chi connectivity index (χ0) is 12.6. The predicted molar refractivity (Wildman–Crippen MR) is 72.6 cm³/mol. The summed E-state index contributed by atoms with van der Waals surface area (Å²) in [5, 5.41) is 0. The summed E-state index contributed by atoms with van der Waals surface area (Å²) in [5.41, 5.74) is 1.19. The Balaban J connectivity index is 0.00000106. The average Bonchev–Trinajstić information content (AvgIpc) is 2.33. The number of methoxy groups -OCH3 is 2. The van der Waals surface area contributed by atoms with Gasteiger partial charge in [-0.1, -0.05) is 27.2 Å². The van der Waals surface area contributed by atoms with E-state index in [0.29, 0.717) is 0 Å². The lowest BCUT2D eigenvalue weighted by Crippen LogP contribution is -1.94. The third kappa shape index (κ3) is 4.05. The quantitative estimate of drug-likeness (QED) is 0.815. The van der Waals surface area contributed by atoms with Crippen molar-refractivity contribution in [2.45, 2.75) is 33.6 Å². The van der Waals surface area contributed by atoms with E-state index in [2.05, 4.69) is 22.9 Å². The number of benzene rings is 1. The van der Waals surface area contributed by atoms with Gasteiger partial charge in [-0.05, 0) is 40.0 Å². The first-order valence-electron chi connectivity index (χ1n) is 5.63. The van der Waals surface area contributed by atoms with Crippen LogP contribution in [0.5, 0.6) is 11.5 Å². The van der Waals surface area contributed by atoms with Gasteiger partial charge in [-0.2, -0.15) is 0 Å². The van der Waals surface area contributed by atoms with Crippen molar-refractivity contribution < 1.29 is 9.47 Å². The number of halogens is 1. The molecule has 0 bridgehead atoms. The van der Waals surface area contributed by atoms with Crippen molar-refractivity contribution in [3.8, 4) is 11.5 Å². The SMILES string of the molecule is CC.CCCc1cc(OC)c(Br)cc1OC. The normalized spacial score (nSPS) is 9.12. The zero-order valence-electron chi connectivity index (χ0n) is 10.8. The summed E-state index contributed by atoms with van der Waals surface area (Å²) in [7, 11) is 3.36. The average molecular weight is 289 g/mol. The summed E-state index contributed by atoms with van der Waals surface area (Å²) in [4.78, 5) is 0. The minimum atomic E-state index is 0.856. The molecule has 0 spiro atoms. The molecule has 16 heavy (non-hydrogen) atoms. The molecule has 0 saturated carbocycles. The molecule has 0 radical (unpaired) electrons. The van der Waals surface area contributed by atoms with E-state index in [4.69, 9.17) is 9.47 Å². The standard InChI is InChI=1S/C11H15BrO2.C2H6/c1-4-5-8-6-11(14-3)9(12)7-10(8)13-2;1-2/h6-7H,4-5H2,1-3H3;1-2H3. The van der Waals surface area contributed by atoms with E-state index < -0.39 is 0 Å². The summed E-state index contributed by atoms with van der Waals surface area (Å²) >= 11 is 3.43. The highest BCUT2D eigenvalue weighted by Crippen LogP contribution is 2.33. The second-order valence-corrected chi connectivity index (χ2v) is 3.90. The molecule has 0 fully saturated rings. The predicted octanol–water partition coefficient (Wildman–Crippen LogP) is 4.45.